The van der Waals surface area contributed by atoms with Crippen LogP contribution in [0.15, 0.2) is 0 Å². The van der Waals surface area contributed by atoms with Crippen LogP contribution in [0.25, 0.3) is 0 Å². The minimum atomic E-state index is -0.334. The highest BCUT2D eigenvalue weighted by molar-refractivity contribution is 5.77. The lowest BCUT2D eigenvalue weighted by molar-refractivity contribution is -0.152. The molecule has 0 heterocycles. The third-order valence-corrected chi connectivity index (χ3v) is 4.91. The van der Waals surface area contributed by atoms with E-state index in [1.54, 1.807) is 13.8 Å². The Morgan fingerprint density at radius 1 is 0.607 bits per heavy atom. The lowest BCUT2D eigenvalue weighted by atomic mass is 10.0. The van der Waals surface area contributed by atoms with Crippen LogP contribution in [0, 0.1) is 0 Å². The third-order valence-electron chi connectivity index (χ3n) is 4.91. The van der Waals surface area contributed by atoms with Crippen LogP contribution in [0.1, 0.15) is 130 Å². The molecule has 166 valence electrons. The second-order valence-corrected chi connectivity index (χ2v) is 8.21. The molecule has 0 N–H and O–H groups in total. The highest BCUT2D eigenvalue weighted by Gasteiger charge is 2.10. The first kappa shape index (κ1) is 26.9. The first-order valence-corrected chi connectivity index (χ1v) is 11.9. The van der Waals surface area contributed by atoms with E-state index < -0.39 is 0 Å². The molecule has 4 heteroatoms. The Kier molecular flexibility index (Phi) is 19.9. The van der Waals surface area contributed by atoms with E-state index in [2.05, 4.69) is 6.92 Å². The second-order valence-electron chi connectivity index (χ2n) is 8.21. The van der Waals surface area contributed by atoms with Gasteiger partial charge >= 0.3 is 11.9 Å². The zero-order valence-electron chi connectivity index (χ0n) is 18.9. The molecule has 0 radical (unpaired) electrons. The summed E-state index contributed by atoms with van der Waals surface area (Å²) in [6, 6.07) is 0. The molecule has 0 saturated heterocycles. The molecule has 0 spiro atoms. The topological polar surface area (TPSA) is 52.6 Å². The second kappa shape index (κ2) is 20.7. The Morgan fingerprint density at radius 2 is 1.00 bits per heavy atom. The molecule has 0 aliphatic carbocycles. The van der Waals surface area contributed by atoms with Gasteiger partial charge in [-0.1, -0.05) is 96.8 Å². The van der Waals surface area contributed by atoms with E-state index >= 15 is 0 Å². The Morgan fingerprint density at radius 3 is 1.43 bits per heavy atom. The van der Waals surface area contributed by atoms with Gasteiger partial charge in [-0.15, -0.1) is 0 Å². The van der Waals surface area contributed by atoms with Gasteiger partial charge in [-0.2, -0.15) is 0 Å². The number of carbonyl (C=O) groups excluding carboxylic acids is 2. The molecule has 0 aromatic heterocycles. The molecule has 0 bridgehead atoms. The zero-order valence-corrected chi connectivity index (χ0v) is 18.9. The summed E-state index contributed by atoms with van der Waals surface area (Å²) < 4.78 is 10.2. The quantitative estimate of drug-likeness (QED) is 0.162. The number of esters is 2. The summed E-state index contributed by atoms with van der Waals surface area (Å²) >= 11 is 0. The average Bonchev–Trinajstić information content (AvgIpc) is 2.65. The van der Waals surface area contributed by atoms with Crippen molar-refractivity contribution in [3.05, 3.63) is 0 Å². The largest absolute Gasteiger partial charge is 0.466 e. The number of ether oxygens (including phenoxy) is 2. The minimum Gasteiger partial charge on any atom is -0.466 e. The monoisotopic (exact) mass is 398 g/mol. The van der Waals surface area contributed by atoms with Gasteiger partial charge in [-0.3, -0.25) is 9.59 Å². The van der Waals surface area contributed by atoms with Crippen LogP contribution in [0.5, 0.6) is 0 Å². The summed E-state index contributed by atoms with van der Waals surface area (Å²) in [5, 5.41) is 0. The van der Waals surface area contributed by atoms with Crippen LogP contribution >= 0.6 is 0 Å². The Labute approximate surface area is 174 Å². The molecular formula is C24H46O4. The van der Waals surface area contributed by atoms with Crippen LogP contribution in [0.2, 0.25) is 0 Å². The lowest BCUT2D eigenvalue weighted by Gasteiger charge is -2.08. The molecule has 0 fully saturated rings. The van der Waals surface area contributed by atoms with Gasteiger partial charge in [0.25, 0.3) is 0 Å². The van der Waals surface area contributed by atoms with Gasteiger partial charge in [0.15, 0.2) is 0 Å². The number of unbranched alkanes of at least 4 members (excludes halogenated alkanes) is 14. The SMILES string of the molecule is CCCCCCCCCCCCCCCCCOC(=O)CCC(=O)OC(C)C. The van der Waals surface area contributed by atoms with E-state index in [9.17, 15) is 9.59 Å². The minimum absolute atomic E-state index is 0.107. The first-order chi connectivity index (χ1) is 13.6. The van der Waals surface area contributed by atoms with Gasteiger partial charge in [0.05, 0.1) is 25.6 Å². The fourth-order valence-electron chi connectivity index (χ4n) is 3.26. The van der Waals surface area contributed by atoms with E-state index in [0.717, 1.165) is 12.8 Å². The molecule has 0 aliphatic heterocycles. The number of hydrogen-bond donors (Lipinski definition) is 0. The normalized spacial score (nSPS) is 11.0. The molecule has 0 rings (SSSR count). The lowest BCUT2D eigenvalue weighted by Crippen LogP contribution is -2.14. The fraction of sp³-hybridized carbons (Fsp3) is 0.917. The molecule has 0 atom stereocenters. The summed E-state index contributed by atoms with van der Waals surface area (Å²) in [5.74, 6) is -0.634. The van der Waals surface area contributed by atoms with E-state index in [4.69, 9.17) is 9.47 Å². The number of hydrogen-bond acceptors (Lipinski definition) is 4. The average molecular weight is 399 g/mol. The number of rotatable bonds is 20. The summed E-state index contributed by atoms with van der Waals surface area (Å²) in [5.41, 5.74) is 0. The molecule has 0 saturated carbocycles. The fourth-order valence-corrected chi connectivity index (χ4v) is 3.26. The maximum absolute atomic E-state index is 11.6. The van der Waals surface area contributed by atoms with Crippen molar-refractivity contribution < 1.29 is 19.1 Å². The van der Waals surface area contributed by atoms with Crippen molar-refractivity contribution in [2.75, 3.05) is 6.61 Å². The van der Waals surface area contributed by atoms with E-state index in [-0.39, 0.29) is 30.9 Å². The summed E-state index contributed by atoms with van der Waals surface area (Å²) in [7, 11) is 0. The molecule has 0 aromatic carbocycles. The van der Waals surface area contributed by atoms with Gasteiger partial charge < -0.3 is 9.47 Å². The molecule has 0 unspecified atom stereocenters. The zero-order chi connectivity index (χ0) is 20.9. The molecule has 0 amide bonds. The molecule has 4 nitrogen and oxygen atoms in total. The van der Waals surface area contributed by atoms with E-state index in [0.29, 0.717) is 6.61 Å². The van der Waals surface area contributed by atoms with Gasteiger partial charge in [0.2, 0.25) is 0 Å². The van der Waals surface area contributed by atoms with Crippen molar-refractivity contribution in [3.8, 4) is 0 Å². The Bertz CT molecular complexity index is 366. The van der Waals surface area contributed by atoms with Crippen molar-refractivity contribution >= 4 is 11.9 Å². The summed E-state index contributed by atoms with van der Waals surface area (Å²) in [6.07, 6.45) is 19.9. The van der Waals surface area contributed by atoms with Gasteiger partial charge in [-0.25, -0.2) is 0 Å². The van der Waals surface area contributed by atoms with Gasteiger partial charge in [0.1, 0.15) is 0 Å². The van der Waals surface area contributed by atoms with Crippen LogP contribution in [-0.4, -0.2) is 24.6 Å². The molecule has 0 aliphatic rings. The van der Waals surface area contributed by atoms with Crippen molar-refractivity contribution in [2.24, 2.45) is 0 Å². The first-order valence-electron chi connectivity index (χ1n) is 11.9. The van der Waals surface area contributed by atoms with Crippen LogP contribution < -0.4 is 0 Å². The van der Waals surface area contributed by atoms with Crippen LogP contribution in [0.3, 0.4) is 0 Å². The third kappa shape index (κ3) is 21.2. The standard InChI is InChI=1S/C24H46O4/c1-4-5-6-7-8-9-10-11-12-13-14-15-16-17-18-21-27-23(25)19-20-24(26)28-22(2)3/h22H,4-21H2,1-3H3. The smallest absolute Gasteiger partial charge is 0.306 e. The van der Waals surface area contributed by atoms with Gasteiger partial charge in [-0.05, 0) is 20.3 Å². The highest BCUT2D eigenvalue weighted by atomic mass is 16.5. The van der Waals surface area contributed by atoms with Crippen molar-refractivity contribution in [1.29, 1.82) is 0 Å². The van der Waals surface area contributed by atoms with Crippen molar-refractivity contribution in [3.63, 3.8) is 0 Å². The number of carbonyl (C=O) groups is 2. The molecule has 28 heavy (non-hydrogen) atoms. The maximum Gasteiger partial charge on any atom is 0.306 e. The van der Waals surface area contributed by atoms with Gasteiger partial charge in [0, 0.05) is 0 Å². The summed E-state index contributed by atoms with van der Waals surface area (Å²) in [4.78, 5) is 22.9. The van der Waals surface area contributed by atoms with E-state index in [1.165, 1.54) is 83.5 Å². The van der Waals surface area contributed by atoms with E-state index in [1.807, 2.05) is 0 Å². The predicted molar refractivity (Wildman–Crippen MR) is 116 cm³/mol. The Balaban J connectivity index is 3.21. The molecule has 0 aromatic rings. The predicted octanol–water partition coefficient (Wildman–Crippen LogP) is 7.13. The Hall–Kier alpha value is -1.06. The molecular weight excluding hydrogens is 352 g/mol. The van der Waals surface area contributed by atoms with Crippen LogP contribution in [-0.2, 0) is 19.1 Å². The van der Waals surface area contributed by atoms with Crippen molar-refractivity contribution in [1.82, 2.24) is 0 Å². The maximum atomic E-state index is 11.6. The highest BCUT2D eigenvalue weighted by Crippen LogP contribution is 2.13. The van der Waals surface area contributed by atoms with Crippen LogP contribution in [0.4, 0.5) is 0 Å². The summed E-state index contributed by atoms with van der Waals surface area (Å²) in [6.45, 7) is 6.33. The van der Waals surface area contributed by atoms with Crippen molar-refractivity contribution in [2.45, 2.75) is 136 Å².